The second-order valence-corrected chi connectivity index (χ2v) is 1.85. The smallest absolute Gasteiger partial charge is 0.303 e. The minimum absolute atomic E-state index is 0. The summed E-state index contributed by atoms with van der Waals surface area (Å²) < 4.78 is 0. The number of unbranched alkanes of at least 4 members (excludes halogenated alkanes) is 2. The molecule has 0 amide bonds. The Kier molecular flexibility index (Phi) is 12.3. The summed E-state index contributed by atoms with van der Waals surface area (Å²) in [6.45, 7) is 2.06. The van der Waals surface area contributed by atoms with Crippen LogP contribution in [0.2, 0.25) is 0 Å². The van der Waals surface area contributed by atoms with Crippen molar-refractivity contribution in [3.05, 3.63) is 0 Å². The molecule has 1 radical (unpaired) electrons. The fourth-order valence-electron chi connectivity index (χ4n) is 0.526. The molecule has 0 aliphatic heterocycles. The average molecular weight is 257 g/mol. The number of carboxylic acid groups (broad SMARTS) is 1. The van der Waals surface area contributed by atoms with Gasteiger partial charge < -0.3 is 5.11 Å². The average Bonchev–Trinajstić information content (AvgIpc) is 1.66. The molecule has 9 heavy (non-hydrogen) atoms. The summed E-state index contributed by atoms with van der Waals surface area (Å²) in [5, 5.41) is 8.14. The first-order valence-electron chi connectivity index (χ1n) is 2.99. The van der Waals surface area contributed by atoms with E-state index in [-0.39, 0.29) is 41.3 Å². The second-order valence-electron chi connectivity index (χ2n) is 1.85. The van der Waals surface area contributed by atoms with E-state index in [4.69, 9.17) is 5.11 Å². The largest absolute Gasteiger partial charge is 0.481 e. The van der Waals surface area contributed by atoms with E-state index in [9.17, 15) is 4.79 Å². The van der Waals surface area contributed by atoms with Crippen molar-refractivity contribution in [1.82, 2.24) is 0 Å². The topological polar surface area (TPSA) is 37.3 Å². The molecule has 2 nitrogen and oxygen atoms in total. The van der Waals surface area contributed by atoms with E-state index in [0.29, 0.717) is 6.42 Å². The number of hydrogen-bond donors (Lipinski definition) is 1. The Morgan fingerprint density at radius 2 is 2.00 bits per heavy atom. The number of aliphatic carboxylic acids is 1. The quantitative estimate of drug-likeness (QED) is 0.777. The van der Waals surface area contributed by atoms with Crippen molar-refractivity contribution in [2.24, 2.45) is 0 Å². The Bertz CT molecular complexity index is 73.5. The molecule has 0 rings (SSSR count). The third-order valence-electron chi connectivity index (χ3n) is 0.994. The first-order chi connectivity index (χ1) is 3.77. The van der Waals surface area contributed by atoms with Crippen LogP contribution in [-0.2, 0) is 4.79 Å². The molecule has 0 saturated heterocycles. The molecule has 51 valence electrons. The van der Waals surface area contributed by atoms with Gasteiger partial charge in [0.05, 0.1) is 0 Å². The van der Waals surface area contributed by atoms with Crippen LogP contribution in [0.3, 0.4) is 0 Å². The minimum Gasteiger partial charge on any atom is -0.481 e. The molecule has 3 heteroatoms. The van der Waals surface area contributed by atoms with Crippen LogP contribution in [0, 0.1) is 41.3 Å². The number of carboxylic acids is 1. The second kappa shape index (κ2) is 8.83. The molecule has 0 atom stereocenters. The van der Waals surface area contributed by atoms with Crippen LogP contribution in [0.25, 0.3) is 0 Å². The van der Waals surface area contributed by atoms with Crippen molar-refractivity contribution in [3.63, 3.8) is 0 Å². The van der Waals surface area contributed by atoms with Crippen molar-refractivity contribution in [2.45, 2.75) is 32.6 Å². The molecule has 0 aromatic rings. The maximum absolute atomic E-state index is 9.87. The van der Waals surface area contributed by atoms with Gasteiger partial charge in [-0.15, -0.1) is 0 Å². The third kappa shape index (κ3) is 12.1. The molecule has 0 saturated carbocycles. The third-order valence-corrected chi connectivity index (χ3v) is 0.994. The maximum atomic E-state index is 9.87. The van der Waals surface area contributed by atoms with Gasteiger partial charge in [-0.2, -0.15) is 0 Å². The van der Waals surface area contributed by atoms with Crippen molar-refractivity contribution in [2.75, 3.05) is 0 Å². The summed E-state index contributed by atoms with van der Waals surface area (Å²) in [5.74, 6) is -0.682. The molecular formula is C6H12O2Pr. The van der Waals surface area contributed by atoms with Crippen molar-refractivity contribution in [1.29, 1.82) is 0 Å². The van der Waals surface area contributed by atoms with Gasteiger partial charge in [-0.3, -0.25) is 4.79 Å². The van der Waals surface area contributed by atoms with Gasteiger partial charge in [-0.1, -0.05) is 19.8 Å². The first-order valence-corrected chi connectivity index (χ1v) is 2.99. The van der Waals surface area contributed by atoms with Crippen LogP contribution in [0.4, 0.5) is 0 Å². The Balaban J connectivity index is 0. The molecule has 0 fully saturated rings. The van der Waals surface area contributed by atoms with E-state index in [1.807, 2.05) is 0 Å². The Morgan fingerprint density at radius 3 is 2.33 bits per heavy atom. The van der Waals surface area contributed by atoms with Crippen LogP contribution in [-0.4, -0.2) is 11.1 Å². The summed E-state index contributed by atoms with van der Waals surface area (Å²) in [6, 6.07) is 0. The molecule has 0 heterocycles. The fraction of sp³-hybridized carbons (Fsp3) is 0.833. The Morgan fingerprint density at radius 1 is 1.44 bits per heavy atom. The van der Waals surface area contributed by atoms with Gasteiger partial charge in [-0.25, -0.2) is 0 Å². The fourth-order valence-corrected chi connectivity index (χ4v) is 0.526. The monoisotopic (exact) mass is 257 g/mol. The van der Waals surface area contributed by atoms with Crippen LogP contribution in [0.1, 0.15) is 32.6 Å². The molecule has 0 aromatic heterocycles. The van der Waals surface area contributed by atoms with Crippen LogP contribution < -0.4 is 0 Å². The standard InChI is InChI=1S/C6H12O2.Pr/c1-2-3-4-5-6(7)8;/h2-5H2,1H3,(H,7,8);. The van der Waals surface area contributed by atoms with Crippen LogP contribution in [0.5, 0.6) is 0 Å². The minimum atomic E-state index is -0.682. The van der Waals surface area contributed by atoms with E-state index < -0.39 is 5.97 Å². The van der Waals surface area contributed by atoms with Crippen molar-refractivity contribution < 1.29 is 51.2 Å². The zero-order valence-electron chi connectivity index (χ0n) is 5.76. The zero-order chi connectivity index (χ0) is 6.41. The molecule has 0 aromatic carbocycles. The van der Waals surface area contributed by atoms with Gasteiger partial charge in [0.15, 0.2) is 0 Å². The number of rotatable bonds is 4. The van der Waals surface area contributed by atoms with E-state index in [1.54, 1.807) is 0 Å². The summed E-state index contributed by atoms with van der Waals surface area (Å²) in [5.41, 5.74) is 0. The molecule has 0 unspecified atom stereocenters. The van der Waals surface area contributed by atoms with Gasteiger partial charge in [0.2, 0.25) is 0 Å². The molecular weight excluding hydrogens is 245 g/mol. The molecule has 0 bridgehead atoms. The molecule has 0 spiro atoms. The van der Waals surface area contributed by atoms with Crippen molar-refractivity contribution in [3.8, 4) is 0 Å². The first kappa shape index (κ1) is 12.5. The number of carbonyl (C=O) groups is 1. The summed E-state index contributed by atoms with van der Waals surface area (Å²) in [6.07, 6.45) is 3.28. The van der Waals surface area contributed by atoms with Gasteiger partial charge in [-0.05, 0) is 6.42 Å². The predicted molar refractivity (Wildman–Crippen MR) is 31.8 cm³/mol. The van der Waals surface area contributed by atoms with E-state index >= 15 is 0 Å². The Hall–Kier alpha value is 0.834. The number of hydrogen-bond acceptors (Lipinski definition) is 1. The molecule has 0 aliphatic carbocycles. The van der Waals surface area contributed by atoms with Gasteiger partial charge in [0.1, 0.15) is 0 Å². The van der Waals surface area contributed by atoms with E-state index in [0.717, 1.165) is 19.3 Å². The van der Waals surface area contributed by atoms with Gasteiger partial charge in [0.25, 0.3) is 0 Å². The summed E-state index contributed by atoms with van der Waals surface area (Å²) >= 11 is 0. The maximum Gasteiger partial charge on any atom is 0.303 e. The van der Waals surface area contributed by atoms with Gasteiger partial charge >= 0.3 is 5.97 Å². The zero-order valence-corrected chi connectivity index (χ0v) is 9.47. The predicted octanol–water partition coefficient (Wildman–Crippen LogP) is 1.65. The normalized spacial score (nSPS) is 8.11. The SMILES string of the molecule is CCCCCC(=O)O.[Pr]. The van der Waals surface area contributed by atoms with Crippen LogP contribution >= 0.6 is 0 Å². The summed E-state index contributed by atoms with van der Waals surface area (Å²) in [7, 11) is 0. The van der Waals surface area contributed by atoms with E-state index in [1.165, 1.54) is 0 Å². The molecule has 0 aliphatic rings. The van der Waals surface area contributed by atoms with Crippen LogP contribution in [0.15, 0.2) is 0 Å². The summed E-state index contributed by atoms with van der Waals surface area (Å²) in [4.78, 5) is 9.87. The van der Waals surface area contributed by atoms with E-state index in [2.05, 4.69) is 6.92 Å². The Labute approximate surface area is 89.0 Å². The molecule has 1 N–H and O–H groups in total. The van der Waals surface area contributed by atoms with Crippen molar-refractivity contribution >= 4 is 5.97 Å². The van der Waals surface area contributed by atoms with Gasteiger partial charge in [0, 0.05) is 47.7 Å².